The van der Waals surface area contributed by atoms with Gasteiger partial charge in [-0.15, -0.1) is 0 Å². The van der Waals surface area contributed by atoms with E-state index in [1.807, 2.05) is 18.3 Å². The summed E-state index contributed by atoms with van der Waals surface area (Å²) in [5, 5.41) is 3.12. The van der Waals surface area contributed by atoms with E-state index in [0.29, 0.717) is 18.6 Å². The van der Waals surface area contributed by atoms with Crippen LogP contribution in [0.3, 0.4) is 0 Å². The lowest BCUT2D eigenvalue weighted by Gasteiger charge is -2.24. The molecule has 0 radical (unpaired) electrons. The SMILES string of the molecule is O=C(NCc1cccnc1)[C@@H]1C[C@H](c2ccccc2)N2CCC[C@@H]12. The van der Waals surface area contributed by atoms with Crippen molar-refractivity contribution in [2.24, 2.45) is 5.92 Å². The molecule has 1 aromatic heterocycles. The number of carbonyl (C=O) groups excluding carboxylic acids is 1. The van der Waals surface area contributed by atoms with Crippen LogP contribution in [-0.2, 0) is 11.3 Å². The van der Waals surface area contributed by atoms with Gasteiger partial charge in [-0.2, -0.15) is 0 Å². The molecule has 2 aromatic rings. The first-order valence-electron chi connectivity index (χ1n) is 8.80. The van der Waals surface area contributed by atoms with Crippen LogP contribution < -0.4 is 5.32 Å². The number of nitrogens with one attached hydrogen (secondary N) is 1. The summed E-state index contributed by atoms with van der Waals surface area (Å²) in [6.45, 7) is 1.67. The van der Waals surface area contributed by atoms with E-state index in [1.54, 1.807) is 6.20 Å². The Labute approximate surface area is 142 Å². The van der Waals surface area contributed by atoms with Crippen molar-refractivity contribution in [2.75, 3.05) is 6.54 Å². The van der Waals surface area contributed by atoms with E-state index in [4.69, 9.17) is 0 Å². The highest BCUT2D eigenvalue weighted by Gasteiger charge is 2.46. The van der Waals surface area contributed by atoms with E-state index >= 15 is 0 Å². The summed E-state index contributed by atoms with van der Waals surface area (Å²) in [6, 6.07) is 15.3. The van der Waals surface area contributed by atoms with Gasteiger partial charge in [0.1, 0.15) is 0 Å². The number of fused-ring (bicyclic) bond motifs is 1. The number of hydrogen-bond donors (Lipinski definition) is 1. The quantitative estimate of drug-likeness (QED) is 0.942. The zero-order valence-corrected chi connectivity index (χ0v) is 13.8. The van der Waals surface area contributed by atoms with Crippen molar-refractivity contribution in [2.45, 2.75) is 37.9 Å². The monoisotopic (exact) mass is 321 g/mol. The van der Waals surface area contributed by atoms with Gasteiger partial charge in [0.05, 0.1) is 5.92 Å². The minimum Gasteiger partial charge on any atom is -0.352 e. The van der Waals surface area contributed by atoms with Gasteiger partial charge in [0.15, 0.2) is 0 Å². The molecule has 4 heteroatoms. The first kappa shape index (κ1) is 15.3. The van der Waals surface area contributed by atoms with Crippen LogP contribution in [0.4, 0.5) is 0 Å². The maximum atomic E-state index is 12.8. The van der Waals surface area contributed by atoms with Gasteiger partial charge in [-0.25, -0.2) is 0 Å². The third-order valence-electron chi connectivity index (χ3n) is 5.39. The van der Waals surface area contributed by atoms with Crippen molar-refractivity contribution in [3.8, 4) is 0 Å². The molecular weight excluding hydrogens is 298 g/mol. The van der Waals surface area contributed by atoms with Crippen LogP contribution in [-0.4, -0.2) is 28.4 Å². The number of aromatic nitrogens is 1. The minimum absolute atomic E-state index is 0.0920. The summed E-state index contributed by atoms with van der Waals surface area (Å²) in [6.07, 6.45) is 6.81. The Bertz CT molecular complexity index is 689. The minimum atomic E-state index is 0.0920. The van der Waals surface area contributed by atoms with Gasteiger partial charge >= 0.3 is 0 Å². The van der Waals surface area contributed by atoms with Crippen molar-refractivity contribution in [1.29, 1.82) is 0 Å². The molecule has 24 heavy (non-hydrogen) atoms. The Morgan fingerprint density at radius 3 is 2.88 bits per heavy atom. The fourth-order valence-corrected chi connectivity index (χ4v) is 4.27. The Hall–Kier alpha value is -2.20. The van der Waals surface area contributed by atoms with Crippen molar-refractivity contribution in [3.63, 3.8) is 0 Å². The predicted octanol–water partition coefficient (Wildman–Crippen LogP) is 2.92. The van der Waals surface area contributed by atoms with Crippen LogP contribution in [0.5, 0.6) is 0 Å². The second-order valence-electron chi connectivity index (χ2n) is 6.80. The Morgan fingerprint density at radius 2 is 2.08 bits per heavy atom. The molecule has 3 atom stereocenters. The average molecular weight is 321 g/mol. The molecular formula is C20H23N3O. The van der Waals surface area contributed by atoms with Crippen LogP contribution in [0.1, 0.15) is 36.4 Å². The van der Waals surface area contributed by atoms with E-state index in [1.165, 1.54) is 12.0 Å². The molecule has 0 saturated carbocycles. The van der Waals surface area contributed by atoms with Crippen molar-refractivity contribution >= 4 is 5.91 Å². The highest BCUT2D eigenvalue weighted by molar-refractivity contribution is 5.80. The third kappa shape index (κ3) is 2.94. The molecule has 4 rings (SSSR count). The Balaban J connectivity index is 1.46. The zero-order valence-electron chi connectivity index (χ0n) is 13.8. The summed E-state index contributed by atoms with van der Waals surface area (Å²) in [7, 11) is 0. The number of rotatable bonds is 4. The van der Waals surface area contributed by atoms with E-state index < -0.39 is 0 Å². The Kier molecular flexibility index (Phi) is 4.30. The molecule has 0 aliphatic carbocycles. The summed E-state index contributed by atoms with van der Waals surface area (Å²) in [4.78, 5) is 19.4. The first-order chi connectivity index (χ1) is 11.8. The van der Waals surface area contributed by atoms with Gasteiger partial charge in [0.2, 0.25) is 5.91 Å². The van der Waals surface area contributed by atoms with Crippen molar-refractivity contribution < 1.29 is 4.79 Å². The normalized spacial score (nSPS) is 26.2. The molecule has 1 N–H and O–H groups in total. The largest absolute Gasteiger partial charge is 0.352 e. The standard InChI is InChI=1S/C20H23N3O/c24-20(22-14-15-6-4-10-21-13-15)17-12-19(16-7-2-1-3-8-16)23-11-5-9-18(17)23/h1-4,6-8,10,13,17-19H,5,9,11-12,14H2,(H,22,24)/t17-,18+,19-/m1/s1. The highest BCUT2D eigenvalue weighted by atomic mass is 16.2. The molecule has 3 heterocycles. The third-order valence-corrected chi connectivity index (χ3v) is 5.39. The lowest BCUT2D eigenvalue weighted by atomic mass is 9.93. The molecule has 4 nitrogen and oxygen atoms in total. The van der Waals surface area contributed by atoms with E-state index in [-0.39, 0.29) is 11.8 Å². The molecule has 2 aliphatic heterocycles. The van der Waals surface area contributed by atoms with Gasteiger partial charge in [-0.3, -0.25) is 14.7 Å². The molecule has 0 spiro atoms. The molecule has 124 valence electrons. The topological polar surface area (TPSA) is 45.2 Å². The van der Waals surface area contributed by atoms with Gasteiger partial charge in [0.25, 0.3) is 0 Å². The highest BCUT2D eigenvalue weighted by Crippen LogP contribution is 2.44. The van der Waals surface area contributed by atoms with Gasteiger partial charge in [-0.05, 0) is 43.0 Å². The van der Waals surface area contributed by atoms with E-state index in [0.717, 1.165) is 24.9 Å². The van der Waals surface area contributed by atoms with E-state index in [9.17, 15) is 4.79 Å². The number of hydrogen-bond acceptors (Lipinski definition) is 3. The number of carbonyl (C=O) groups is 1. The lowest BCUT2D eigenvalue weighted by Crippen LogP contribution is -2.37. The zero-order chi connectivity index (χ0) is 16.4. The van der Waals surface area contributed by atoms with Crippen LogP contribution in [0.25, 0.3) is 0 Å². The van der Waals surface area contributed by atoms with E-state index in [2.05, 4.69) is 45.5 Å². The predicted molar refractivity (Wildman–Crippen MR) is 93.1 cm³/mol. The molecule has 1 amide bonds. The summed E-state index contributed by atoms with van der Waals surface area (Å²) < 4.78 is 0. The van der Waals surface area contributed by atoms with Gasteiger partial charge in [0, 0.05) is 31.0 Å². The van der Waals surface area contributed by atoms with Crippen molar-refractivity contribution in [3.05, 3.63) is 66.0 Å². The molecule has 2 saturated heterocycles. The molecule has 2 aliphatic rings. The first-order valence-corrected chi connectivity index (χ1v) is 8.80. The van der Waals surface area contributed by atoms with Crippen LogP contribution in [0.15, 0.2) is 54.9 Å². The second kappa shape index (κ2) is 6.73. The maximum Gasteiger partial charge on any atom is 0.225 e. The van der Waals surface area contributed by atoms with Gasteiger partial charge < -0.3 is 5.32 Å². The second-order valence-corrected chi connectivity index (χ2v) is 6.80. The number of pyridine rings is 1. The average Bonchev–Trinajstić information content (AvgIpc) is 3.24. The summed E-state index contributed by atoms with van der Waals surface area (Å²) in [5.41, 5.74) is 2.39. The number of nitrogens with zero attached hydrogens (tertiary/aromatic N) is 2. The van der Waals surface area contributed by atoms with Crippen molar-refractivity contribution in [1.82, 2.24) is 15.2 Å². The molecule has 0 unspecified atom stereocenters. The number of amides is 1. The lowest BCUT2D eigenvalue weighted by molar-refractivity contribution is -0.125. The fourth-order valence-electron chi connectivity index (χ4n) is 4.27. The Morgan fingerprint density at radius 1 is 1.21 bits per heavy atom. The van der Waals surface area contributed by atoms with Gasteiger partial charge in [-0.1, -0.05) is 36.4 Å². The molecule has 2 fully saturated rings. The summed E-state index contributed by atoms with van der Waals surface area (Å²) in [5.74, 6) is 0.281. The molecule has 1 aromatic carbocycles. The smallest absolute Gasteiger partial charge is 0.225 e. The summed E-state index contributed by atoms with van der Waals surface area (Å²) >= 11 is 0. The van der Waals surface area contributed by atoms with Crippen LogP contribution >= 0.6 is 0 Å². The number of benzene rings is 1. The maximum absolute atomic E-state index is 12.8. The van der Waals surface area contributed by atoms with Crippen LogP contribution in [0.2, 0.25) is 0 Å². The fraction of sp³-hybridized carbons (Fsp3) is 0.400. The van der Waals surface area contributed by atoms with Crippen LogP contribution in [0, 0.1) is 5.92 Å². The molecule has 0 bridgehead atoms.